The fraction of sp³-hybridized carbons (Fsp3) is 0.241. The molecule has 1 aliphatic rings. The van der Waals surface area contributed by atoms with Gasteiger partial charge in [0.15, 0.2) is 0 Å². The Hall–Kier alpha value is -4.06. The van der Waals surface area contributed by atoms with Crippen molar-refractivity contribution >= 4 is 11.6 Å². The largest absolute Gasteiger partial charge is 0.497 e. The van der Waals surface area contributed by atoms with Gasteiger partial charge in [-0.15, -0.1) is 0 Å². The second-order valence-corrected chi connectivity index (χ2v) is 8.92. The molecule has 4 aromatic rings. The van der Waals surface area contributed by atoms with E-state index in [1.807, 2.05) is 58.2 Å². The lowest BCUT2D eigenvalue weighted by molar-refractivity contribution is 0.0747. The highest BCUT2D eigenvalue weighted by Gasteiger charge is 2.27. The smallest absolute Gasteiger partial charge is 0.257 e. The number of carbonyl (C=O) groups is 1. The van der Waals surface area contributed by atoms with E-state index in [4.69, 9.17) is 9.84 Å². The second kappa shape index (κ2) is 10.1. The third-order valence-electron chi connectivity index (χ3n) is 6.46. The van der Waals surface area contributed by atoms with Crippen molar-refractivity contribution in [3.8, 4) is 17.0 Å². The molecule has 35 heavy (non-hydrogen) atoms. The highest BCUT2D eigenvalue weighted by molar-refractivity contribution is 6.00. The summed E-state index contributed by atoms with van der Waals surface area (Å²) in [5, 5.41) is 4.84. The summed E-state index contributed by atoms with van der Waals surface area (Å²) in [5.41, 5.74) is 5.78. The van der Waals surface area contributed by atoms with Gasteiger partial charge in [-0.3, -0.25) is 9.48 Å². The van der Waals surface area contributed by atoms with Gasteiger partial charge >= 0.3 is 0 Å². The zero-order valence-electron chi connectivity index (χ0n) is 20.2. The molecule has 3 aromatic carbocycles. The van der Waals surface area contributed by atoms with Crippen molar-refractivity contribution in [3.05, 3.63) is 102 Å². The van der Waals surface area contributed by atoms with Crippen molar-refractivity contribution in [2.45, 2.75) is 13.5 Å². The Kier molecular flexibility index (Phi) is 6.53. The van der Waals surface area contributed by atoms with Gasteiger partial charge in [-0.2, -0.15) is 5.10 Å². The first-order chi connectivity index (χ1) is 17.1. The summed E-state index contributed by atoms with van der Waals surface area (Å²) in [4.78, 5) is 18.0. The van der Waals surface area contributed by atoms with Gasteiger partial charge in [-0.1, -0.05) is 54.6 Å². The highest BCUT2D eigenvalue weighted by Crippen LogP contribution is 2.28. The standard InChI is InChI=1S/C29H30N4O2/c1-22-8-6-12-25(18-22)31-14-16-32(17-15-31)29(34)27-21-33(20-23-9-4-3-5-10-23)30-28(27)24-11-7-13-26(19-24)35-2/h3-13,18-19,21H,14-17,20H2,1-2H3. The third-order valence-corrected chi connectivity index (χ3v) is 6.46. The predicted molar refractivity (Wildman–Crippen MR) is 139 cm³/mol. The van der Waals surface area contributed by atoms with E-state index in [1.54, 1.807) is 7.11 Å². The molecule has 2 heterocycles. The van der Waals surface area contributed by atoms with Crippen LogP contribution in [0.15, 0.2) is 85.1 Å². The lowest BCUT2D eigenvalue weighted by atomic mass is 10.1. The average molecular weight is 467 g/mol. The monoisotopic (exact) mass is 466 g/mol. The molecule has 1 aliphatic heterocycles. The molecule has 0 unspecified atom stereocenters. The van der Waals surface area contributed by atoms with Crippen LogP contribution in [-0.4, -0.2) is 53.9 Å². The number of ether oxygens (including phenoxy) is 1. The molecule has 6 nitrogen and oxygen atoms in total. The van der Waals surface area contributed by atoms with Gasteiger partial charge in [0.1, 0.15) is 11.4 Å². The molecule has 0 saturated carbocycles. The molecule has 1 saturated heterocycles. The van der Waals surface area contributed by atoms with Crippen molar-refractivity contribution in [1.82, 2.24) is 14.7 Å². The molecule has 1 aromatic heterocycles. The van der Waals surface area contributed by atoms with Gasteiger partial charge in [-0.05, 0) is 42.3 Å². The first-order valence-corrected chi connectivity index (χ1v) is 12.0. The van der Waals surface area contributed by atoms with Gasteiger partial charge in [0, 0.05) is 43.6 Å². The third kappa shape index (κ3) is 5.06. The number of benzene rings is 3. The Morgan fingerprint density at radius 2 is 1.69 bits per heavy atom. The summed E-state index contributed by atoms with van der Waals surface area (Å²) in [6.07, 6.45) is 1.89. The lowest BCUT2D eigenvalue weighted by Gasteiger charge is -2.36. The van der Waals surface area contributed by atoms with Crippen molar-refractivity contribution < 1.29 is 9.53 Å². The topological polar surface area (TPSA) is 50.6 Å². The Labute approximate surface area is 206 Å². The predicted octanol–water partition coefficient (Wildman–Crippen LogP) is 4.88. The van der Waals surface area contributed by atoms with E-state index in [0.29, 0.717) is 30.9 Å². The molecular formula is C29H30N4O2. The van der Waals surface area contributed by atoms with E-state index in [1.165, 1.54) is 11.3 Å². The quantitative estimate of drug-likeness (QED) is 0.407. The van der Waals surface area contributed by atoms with Crippen LogP contribution in [0.3, 0.4) is 0 Å². The minimum absolute atomic E-state index is 0.0195. The van der Waals surface area contributed by atoms with Crippen molar-refractivity contribution in [1.29, 1.82) is 0 Å². The van der Waals surface area contributed by atoms with Crippen molar-refractivity contribution in [3.63, 3.8) is 0 Å². The summed E-state index contributed by atoms with van der Waals surface area (Å²) in [6, 6.07) is 26.4. The number of amides is 1. The van der Waals surface area contributed by atoms with Gasteiger partial charge in [-0.25, -0.2) is 0 Å². The molecule has 0 radical (unpaired) electrons. The molecular weight excluding hydrogens is 436 g/mol. The molecule has 0 spiro atoms. The number of carbonyl (C=O) groups excluding carboxylic acids is 1. The first kappa shape index (κ1) is 22.7. The number of aryl methyl sites for hydroxylation is 1. The van der Waals surface area contributed by atoms with Crippen LogP contribution in [0.4, 0.5) is 5.69 Å². The van der Waals surface area contributed by atoms with E-state index in [0.717, 1.165) is 30.0 Å². The van der Waals surface area contributed by atoms with Crippen LogP contribution < -0.4 is 9.64 Å². The molecule has 6 heteroatoms. The first-order valence-electron chi connectivity index (χ1n) is 12.0. The number of aromatic nitrogens is 2. The Bertz CT molecular complexity index is 1310. The van der Waals surface area contributed by atoms with E-state index in [-0.39, 0.29) is 5.91 Å². The van der Waals surface area contributed by atoms with Gasteiger partial charge < -0.3 is 14.5 Å². The molecule has 1 amide bonds. The SMILES string of the molecule is COc1cccc(-c2nn(Cc3ccccc3)cc2C(=O)N2CCN(c3cccc(C)c3)CC2)c1. The summed E-state index contributed by atoms with van der Waals surface area (Å²) in [5.74, 6) is 0.760. The molecule has 0 atom stereocenters. The van der Waals surface area contributed by atoms with E-state index < -0.39 is 0 Å². The summed E-state index contributed by atoms with van der Waals surface area (Å²) >= 11 is 0. The van der Waals surface area contributed by atoms with Crippen LogP contribution in [-0.2, 0) is 6.54 Å². The zero-order valence-corrected chi connectivity index (χ0v) is 20.2. The summed E-state index contributed by atoms with van der Waals surface area (Å²) in [7, 11) is 1.65. The number of rotatable bonds is 6. The molecule has 0 N–H and O–H groups in total. The molecule has 0 bridgehead atoms. The number of hydrogen-bond donors (Lipinski definition) is 0. The normalized spacial score (nSPS) is 13.7. The Morgan fingerprint density at radius 3 is 2.43 bits per heavy atom. The maximum absolute atomic E-state index is 13.7. The Balaban J connectivity index is 1.40. The van der Waals surface area contributed by atoms with Crippen molar-refractivity contribution in [2.24, 2.45) is 0 Å². The number of nitrogens with zero attached hydrogens (tertiary/aromatic N) is 4. The fourth-order valence-electron chi connectivity index (χ4n) is 4.58. The average Bonchev–Trinajstić information content (AvgIpc) is 3.32. The maximum Gasteiger partial charge on any atom is 0.257 e. The van der Waals surface area contributed by atoms with Crippen LogP contribution in [0.1, 0.15) is 21.5 Å². The molecule has 1 fully saturated rings. The zero-order chi connectivity index (χ0) is 24.2. The minimum atomic E-state index is 0.0195. The number of piperazine rings is 1. The van der Waals surface area contributed by atoms with Gasteiger partial charge in [0.2, 0.25) is 0 Å². The van der Waals surface area contributed by atoms with Crippen LogP contribution in [0.25, 0.3) is 11.3 Å². The fourth-order valence-corrected chi connectivity index (χ4v) is 4.58. The summed E-state index contributed by atoms with van der Waals surface area (Å²) in [6.45, 7) is 5.68. The number of anilines is 1. The van der Waals surface area contributed by atoms with Crippen LogP contribution >= 0.6 is 0 Å². The molecule has 5 rings (SSSR count). The number of hydrogen-bond acceptors (Lipinski definition) is 4. The highest BCUT2D eigenvalue weighted by atomic mass is 16.5. The van der Waals surface area contributed by atoms with Crippen LogP contribution in [0.5, 0.6) is 5.75 Å². The van der Waals surface area contributed by atoms with Gasteiger partial charge in [0.25, 0.3) is 5.91 Å². The van der Waals surface area contributed by atoms with E-state index in [2.05, 4.69) is 48.2 Å². The molecule has 178 valence electrons. The van der Waals surface area contributed by atoms with E-state index >= 15 is 0 Å². The summed E-state index contributed by atoms with van der Waals surface area (Å²) < 4.78 is 7.28. The van der Waals surface area contributed by atoms with E-state index in [9.17, 15) is 4.79 Å². The Morgan fingerprint density at radius 1 is 0.914 bits per heavy atom. The second-order valence-electron chi connectivity index (χ2n) is 8.92. The minimum Gasteiger partial charge on any atom is -0.497 e. The maximum atomic E-state index is 13.7. The van der Waals surface area contributed by atoms with Crippen molar-refractivity contribution in [2.75, 3.05) is 38.2 Å². The molecule has 0 aliphatic carbocycles. The number of methoxy groups -OCH3 is 1. The van der Waals surface area contributed by atoms with Crippen LogP contribution in [0, 0.1) is 6.92 Å². The lowest BCUT2D eigenvalue weighted by Crippen LogP contribution is -2.48. The van der Waals surface area contributed by atoms with Gasteiger partial charge in [0.05, 0.1) is 19.2 Å². The van der Waals surface area contributed by atoms with Crippen LogP contribution in [0.2, 0.25) is 0 Å².